The predicted molar refractivity (Wildman–Crippen MR) is 93.7 cm³/mol. The summed E-state index contributed by atoms with van der Waals surface area (Å²) < 4.78 is 5.19. The number of nitrogens with zero attached hydrogens (tertiary/aromatic N) is 2. The zero-order chi connectivity index (χ0) is 16.1. The molecule has 0 radical (unpaired) electrons. The number of hydrogen-bond acceptors (Lipinski definition) is 4. The molecule has 0 saturated heterocycles. The predicted octanol–water partition coefficient (Wildman–Crippen LogP) is 3.22. The van der Waals surface area contributed by atoms with E-state index in [1.165, 1.54) is 11.1 Å². The zero-order valence-electron chi connectivity index (χ0n) is 13.7. The van der Waals surface area contributed by atoms with Gasteiger partial charge in [0.1, 0.15) is 5.75 Å². The Morgan fingerprint density at radius 2 is 1.87 bits per heavy atom. The lowest BCUT2D eigenvalue weighted by Crippen LogP contribution is -2.39. The summed E-state index contributed by atoms with van der Waals surface area (Å²) in [6.45, 7) is 4.80. The summed E-state index contributed by atoms with van der Waals surface area (Å²) in [4.78, 5) is 6.95. The van der Waals surface area contributed by atoms with E-state index in [2.05, 4.69) is 64.6 Å². The Morgan fingerprint density at radius 1 is 1.13 bits per heavy atom. The second-order valence-corrected chi connectivity index (χ2v) is 5.69. The zero-order valence-corrected chi connectivity index (χ0v) is 13.7. The molecule has 4 heteroatoms. The molecular weight excluding hydrogens is 286 g/mol. The van der Waals surface area contributed by atoms with Crippen molar-refractivity contribution in [2.45, 2.75) is 19.5 Å². The summed E-state index contributed by atoms with van der Waals surface area (Å²) in [5, 5.41) is 3.47. The molecular formula is C19H23N3O. The molecule has 2 aromatic rings. The average molecular weight is 309 g/mol. The van der Waals surface area contributed by atoms with Crippen LogP contribution in [-0.4, -0.2) is 31.1 Å². The lowest BCUT2D eigenvalue weighted by molar-refractivity contribution is 0.355. The number of nitrogens with one attached hydrogen (secondary N) is 1. The first-order chi connectivity index (χ1) is 11.3. The molecule has 0 saturated carbocycles. The summed E-state index contributed by atoms with van der Waals surface area (Å²) in [7, 11) is 1.68. The van der Waals surface area contributed by atoms with Crippen molar-refractivity contribution in [1.29, 1.82) is 0 Å². The van der Waals surface area contributed by atoms with E-state index >= 15 is 0 Å². The van der Waals surface area contributed by atoms with Crippen molar-refractivity contribution in [3.8, 4) is 5.75 Å². The highest BCUT2D eigenvalue weighted by molar-refractivity contribution is 5.81. The fourth-order valence-corrected chi connectivity index (χ4v) is 2.83. The molecule has 4 nitrogen and oxygen atoms in total. The smallest absolute Gasteiger partial charge is 0.194 e. The maximum absolute atomic E-state index is 5.19. The molecule has 1 aliphatic rings. The van der Waals surface area contributed by atoms with Gasteiger partial charge in [0.05, 0.1) is 19.7 Å². The van der Waals surface area contributed by atoms with Gasteiger partial charge in [-0.15, -0.1) is 0 Å². The van der Waals surface area contributed by atoms with Gasteiger partial charge in [0.25, 0.3) is 0 Å². The molecule has 2 aromatic carbocycles. The van der Waals surface area contributed by atoms with Crippen molar-refractivity contribution in [3.63, 3.8) is 0 Å². The lowest BCUT2D eigenvalue weighted by atomic mass is 10.1. The van der Waals surface area contributed by atoms with Gasteiger partial charge in [-0.05, 0) is 30.2 Å². The summed E-state index contributed by atoms with van der Waals surface area (Å²) in [6, 6.07) is 19.0. The molecule has 120 valence electrons. The second kappa shape index (κ2) is 7.18. The van der Waals surface area contributed by atoms with Crippen LogP contribution in [0.1, 0.15) is 24.1 Å². The molecule has 0 spiro atoms. The topological polar surface area (TPSA) is 36.9 Å². The van der Waals surface area contributed by atoms with E-state index < -0.39 is 0 Å². The molecule has 1 aliphatic heterocycles. The minimum atomic E-state index is 0.320. The molecule has 0 fully saturated rings. The third kappa shape index (κ3) is 3.65. The standard InChI is InChI=1S/C19H23N3O/c1-15(17-6-4-3-5-7-17)22-13-12-20-19(22)21-14-16-8-10-18(23-2)11-9-16/h3-11,15H,12-14H2,1-2H3,(H,20,21)/t15-/m0/s1. The highest BCUT2D eigenvalue weighted by Gasteiger charge is 2.23. The van der Waals surface area contributed by atoms with E-state index in [1.54, 1.807) is 7.11 Å². The van der Waals surface area contributed by atoms with Gasteiger partial charge < -0.3 is 15.0 Å². The summed E-state index contributed by atoms with van der Waals surface area (Å²) >= 11 is 0. The van der Waals surface area contributed by atoms with Crippen LogP contribution < -0.4 is 10.1 Å². The van der Waals surface area contributed by atoms with Crippen LogP contribution in [0.25, 0.3) is 0 Å². The van der Waals surface area contributed by atoms with E-state index in [-0.39, 0.29) is 0 Å². The van der Waals surface area contributed by atoms with Gasteiger partial charge in [0, 0.05) is 13.1 Å². The normalized spacial score (nSPS) is 15.2. The average Bonchev–Trinajstić information content (AvgIpc) is 3.09. The molecule has 3 rings (SSSR count). The van der Waals surface area contributed by atoms with Crippen molar-refractivity contribution in [3.05, 3.63) is 65.7 Å². The maximum Gasteiger partial charge on any atom is 0.194 e. The number of hydrogen-bond donors (Lipinski definition) is 1. The van der Waals surface area contributed by atoms with Gasteiger partial charge in [0.15, 0.2) is 5.96 Å². The Balaban J connectivity index is 1.62. The van der Waals surface area contributed by atoms with E-state index in [1.807, 2.05) is 12.1 Å². The Kier molecular flexibility index (Phi) is 4.81. The number of benzene rings is 2. The van der Waals surface area contributed by atoms with Crippen LogP contribution in [0.5, 0.6) is 5.75 Å². The van der Waals surface area contributed by atoms with Crippen LogP contribution in [-0.2, 0) is 6.54 Å². The van der Waals surface area contributed by atoms with Crippen molar-refractivity contribution < 1.29 is 4.74 Å². The number of rotatable bonds is 5. The second-order valence-electron chi connectivity index (χ2n) is 5.69. The Morgan fingerprint density at radius 3 is 2.57 bits per heavy atom. The van der Waals surface area contributed by atoms with Crippen LogP contribution in [0, 0.1) is 0 Å². The SMILES string of the molecule is COc1ccc(CNC2=NCCN2[C@@H](C)c2ccccc2)cc1. The van der Waals surface area contributed by atoms with Crippen LogP contribution in [0.2, 0.25) is 0 Å². The Labute approximate surface area is 137 Å². The van der Waals surface area contributed by atoms with Crippen LogP contribution in [0.3, 0.4) is 0 Å². The Bertz CT molecular complexity index is 652. The monoisotopic (exact) mass is 309 g/mol. The van der Waals surface area contributed by atoms with Crippen LogP contribution in [0.15, 0.2) is 59.6 Å². The fourth-order valence-electron chi connectivity index (χ4n) is 2.83. The molecule has 0 unspecified atom stereocenters. The largest absolute Gasteiger partial charge is 0.497 e. The minimum Gasteiger partial charge on any atom is -0.497 e. The fraction of sp³-hybridized carbons (Fsp3) is 0.316. The highest BCUT2D eigenvalue weighted by atomic mass is 16.5. The Hall–Kier alpha value is -2.49. The quantitative estimate of drug-likeness (QED) is 0.921. The van der Waals surface area contributed by atoms with Gasteiger partial charge in [-0.2, -0.15) is 0 Å². The van der Waals surface area contributed by atoms with Gasteiger partial charge in [-0.25, -0.2) is 0 Å². The molecule has 0 aliphatic carbocycles. The van der Waals surface area contributed by atoms with Crippen molar-refractivity contribution in [2.75, 3.05) is 20.2 Å². The minimum absolute atomic E-state index is 0.320. The third-order valence-corrected chi connectivity index (χ3v) is 4.23. The van der Waals surface area contributed by atoms with Crippen molar-refractivity contribution in [1.82, 2.24) is 10.2 Å². The summed E-state index contributed by atoms with van der Waals surface area (Å²) in [6.07, 6.45) is 0. The first kappa shape index (κ1) is 15.4. The molecule has 1 N–H and O–H groups in total. The van der Waals surface area contributed by atoms with Gasteiger partial charge in [0.2, 0.25) is 0 Å². The highest BCUT2D eigenvalue weighted by Crippen LogP contribution is 2.22. The molecule has 0 amide bonds. The molecule has 1 atom stereocenters. The number of aliphatic imine (C=N–C) groups is 1. The lowest BCUT2D eigenvalue weighted by Gasteiger charge is -2.28. The third-order valence-electron chi connectivity index (χ3n) is 4.23. The van der Waals surface area contributed by atoms with Crippen LogP contribution in [0.4, 0.5) is 0 Å². The summed E-state index contributed by atoms with van der Waals surface area (Å²) in [5.74, 6) is 1.86. The van der Waals surface area contributed by atoms with Crippen molar-refractivity contribution in [2.24, 2.45) is 4.99 Å². The van der Waals surface area contributed by atoms with E-state index in [0.29, 0.717) is 6.04 Å². The summed E-state index contributed by atoms with van der Waals surface area (Å²) in [5.41, 5.74) is 2.53. The van der Waals surface area contributed by atoms with Gasteiger partial charge in [-0.3, -0.25) is 4.99 Å². The molecule has 0 aromatic heterocycles. The molecule has 1 heterocycles. The van der Waals surface area contributed by atoms with Crippen LogP contribution >= 0.6 is 0 Å². The first-order valence-corrected chi connectivity index (χ1v) is 8.01. The number of methoxy groups -OCH3 is 1. The maximum atomic E-state index is 5.19. The van der Waals surface area contributed by atoms with E-state index in [0.717, 1.165) is 31.3 Å². The van der Waals surface area contributed by atoms with Gasteiger partial charge >= 0.3 is 0 Å². The van der Waals surface area contributed by atoms with Crippen molar-refractivity contribution >= 4 is 5.96 Å². The van der Waals surface area contributed by atoms with E-state index in [9.17, 15) is 0 Å². The first-order valence-electron chi connectivity index (χ1n) is 8.01. The molecule has 23 heavy (non-hydrogen) atoms. The number of ether oxygens (including phenoxy) is 1. The van der Waals surface area contributed by atoms with E-state index in [4.69, 9.17) is 4.74 Å². The van der Waals surface area contributed by atoms with Gasteiger partial charge in [-0.1, -0.05) is 42.5 Å². The molecule has 0 bridgehead atoms. The number of guanidine groups is 1.